The molecule has 0 fully saturated rings. The average molecular weight is 300 g/mol. The number of rotatable bonds is 6. The molecule has 0 bridgehead atoms. The number of carbonyl (C=O) groups excluding carboxylic acids is 1. The molecule has 0 unspecified atom stereocenters. The van der Waals surface area contributed by atoms with Gasteiger partial charge in [-0.15, -0.1) is 0 Å². The van der Waals surface area contributed by atoms with E-state index in [4.69, 9.17) is 4.74 Å². The van der Waals surface area contributed by atoms with Gasteiger partial charge in [0, 0.05) is 13.1 Å². The van der Waals surface area contributed by atoms with Crippen molar-refractivity contribution in [2.24, 2.45) is 5.92 Å². The van der Waals surface area contributed by atoms with E-state index in [1.165, 1.54) is 0 Å². The maximum absolute atomic E-state index is 11.7. The van der Waals surface area contributed by atoms with Gasteiger partial charge < -0.3 is 15.4 Å². The minimum atomic E-state index is -0.115. The van der Waals surface area contributed by atoms with Crippen LogP contribution in [-0.2, 0) is 6.54 Å². The van der Waals surface area contributed by atoms with Gasteiger partial charge in [0.25, 0.3) is 0 Å². The van der Waals surface area contributed by atoms with E-state index < -0.39 is 0 Å². The van der Waals surface area contributed by atoms with Crippen LogP contribution in [0.5, 0.6) is 5.75 Å². The molecular weight excluding hydrogens is 276 g/mol. The predicted octanol–water partition coefficient (Wildman–Crippen LogP) is 3.69. The topological polar surface area (TPSA) is 50.4 Å². The summed E-state index contributed by atoms with van der Waals surface area (Å²) in [6.07, 6.45) is 0.991. The Balaban J connectivity index is 1.90. The first-order valence-corrected chi connectivity index (χ1v) is 7.67. The molecule has 0 radical (unpaired) electrons. The predicted molar refractivity (Wildman–Crippen MR) is 90.2 cm³/mol. The van der Waals surface area contributed by atoms with Gasteiger partial charge in [-0.1, -0.05) is 32.0 Å². The second-order valence-electron chi connectivity index (χ2n) is 5.84. The molecule has 4 nitrogen and oxygen atoms in total. The maximum atomic E-state index is 11.7. The minimum Gasteiger partial charge on any atom is -0.497 e. The first-order chi connectivity index (χ1) is 10.6. The van der Waals surface area contributed by atoms with Gasteiger partial charge in [0.1, 0.15) is 5.75 Å². The fourth-order valence-corrected chi connectivity index (χ4v) is 2.23. The van der Waals surface area contributed by atoms with E-state index in [2.05, 4.69) is 30.5 Å². The number of fused-ring (bicyclic) bond motifs is 1. The summed E-state index contributed by atoms with van der Waals surface area (Å²) in [6.45, 7) is 5.52. The summed E-state index contributed by atoms with van der Waals surface area (Å²) in [5, 5.41) is 8.02. The number of hydrogen-bond donors (Lipinski definition) is 2. The lowest BCUT2D eigenvalue weighted by atomic mass is 10.1. The summed E-state index contributed by atoms with van der Waals surface area (Å²) in [6, 6.07) is 12.0. The fraction of sp³-hybridized carbons (Fsp3) is 0.389. The summed E-state index contributed by atoms with van der Waals surface area (Å²) < 4.78 is 5.22. The van der Waals surface area contributed by atoms with Crippen molar-refractivity contribution < 1.29 is 9.53 Å². The molecule has 0 spiro atoms. The molecule has 0 saturated carbocycles. The lowest BCUT2D eigenvalue weighted by Crippen LogP contribution is -2.35. The van der Waals surface area contributed by atoms with E-state index in [9.17, 15) is 4.79 Å². The van der Waals surface area contributed by atoms with Crippen LogP contribution >= 0.6 is 0 Å². The molecule has 0 heterocycles. The van der Waals surface area contributed by atoms with Crippen molar-refractivity contribution in [1.82, 2.24) is 10.6 Å². The normalized spacial score (nSPS) is 10.7. The van der Waals surface area contributed by atoms with Crippen molar-refractivity contribution in [3.05, 3.63) is 42.0 Å². The largest absolute Gasteiger partial charge is 0.497 e. The second kappa shape index (κ2) is 7.69. The van der Waals surface area contributed by atoms with E-state index in [1.807, 2.05) is 30.3 Å². The van der Waals surface area contributed by atoms with E-state index in [1.54, 1.807) is 7.11 Å². The monoisotopic (exact) mass is 300 g/mol. The molecular formula is C18H24N2O2. The lowest BCUT2D eigenvalue weighted by molar-refractivity contribution is 0.240. The highest BCUT2D eigenvalue weighted by Crippen LogP contribution is 2.21. The first kappa shape index (κ1) is 16.1. The number of methoxy groups -OCH3 is 1. The third kappa shape index (κ3) is 4.65. The Bertz CT molecular complexity index is 638. The zero-order valence-electron chi connectivity index (χ0n) is 13.5. The van der Waals surface area contributed by atoms with Crippen molar-refractivity contribution in [1.29, 1.82) is 0 Å². The molecule has 0 saturated heterocycles. The van der Waals surface area contributed by atoms with Crippen LogP contribution in [0.1, 0.15) is 25.8 Å². The van der Waals surface area contributed by atoms with Crippen LogP contribution in [0.2, 0.25) is 0 Å². The van der Waals surface area contributed by atoms with E-state index in [0.29, 0.717) is 19.0 Å². The van der Waals surface area contributed by atoms with Crippen LogP contribution in [0.3, 0.4) is 0 Å². The fourth-order valence-electron chi connectivity index (χ4n) is 2.23. The SMILES string of the molecule is COc1ccc2cc(CNC(=O)NCCC(C)C)ccc2c1. The van der Waals surface area contributed by atoms with Crippen molar-refractivity contribution in [3.8, 4) is 5.75 Å². The van der Waals surface area contributed by atoms with Gasteiger partial charge in [-0.2, -0.15) is 0 Å². The second-order valence-corrected chi connectivity index (χ2v) is 5.84. The molecule has 0 atom stereocenters. The summed E-state index contributed by atoms with van der Waals surface area (Å²) >= 11 is 0. The smallest absolute Gasteiger partial charge is 0.315 e. The molecule has 2 amide bonds. The van der Waals surface area contributed by atoms with Gasteiger partial charge in [-0.3, -0.25) is 0 Å². The number of carbonyl (C=O) groups is 1. The number of ether oxygens (including phenoxy) is 1. The van der Waals surface area contributed by atoms with Crippen molar-refractivity contribution in [2.75, 3.05) is 13.7 Å². The highest BCUT2D eigenvalue weighted by atomic mass is 16.5. The molecule has 0 aromatic heterocycles. The van der Waals surface area contributed by atoms with E-state index >= 15 is 0 Å². The van der Waals surface area contributed by atoms with Crippen LogP contribution in [0, 0.1) is 5.92 Å². The zero-order valence-corrected chi connectivity index (χ0v) is 13.5. The first-order valence-electron chi connectivity index (χ1n) is 7.67. The van der Waals surface area contributed by atoms with Gasteiger partial charge in [-0.25, -0.2) is 4.79 Å². The van der Waals surface area contributed by atoms with Crippen molar-refractivity contribution in [3.63, 3.8) is 0 Å². The minimum absolute atomic E-state index is 0.115. The lowest BCUT2D eigenvalue weighted by Gasteiger charge is -2.10. The Morgan fingerprint density at radius 1 is 1.09 bits per heavy atom. The molecule has 2 aromatic carbocycles. The van der Waals surface area contributed by atoms with Gasteiger partial charge in [0.15, 0.2) is 0 Å². The Hall–Kier alpha value is -2.23. The summed E-state index contributed by atoms with van der Waals surface area (Å²) in [5.41, 5.74) is 1.08. The summed E-state index contributed by atoms with van der Waals surface area (Å²) in [7, 11) is 1.66. The van der Waals surface area contributed by atoms with Crippen molar-refractivity contribution >= 4 is 16.8 Å². The molecule has 2 N–H and O–H groups in total. The molecule has 2 aromatic rings. The third-order valence-electron chi connectivity index (χ3n) is 3.57. The Kier molecular flexibility index (Phi) is 5.64. The van der Waals surface area contributed by atoms with Crippen LogP contribution in [0.4, 0.5) is 4.79 Å². The van der Waals surface area contributed by atoms with Gasteiger partial charge in [0.05, 0.1) is 7.11 Å². The summed E-state index contributed by atoms with van der Waals surface area (Å²) in [5.74, 6) is 1.45. The molecule has 118 valence electrons. The molecule has 0 aliphatic heterocycles. The number of amides is 2. The number of urea groups is 1. The molecule has 0 aliphatic carbocycles. The van der Waals surface area contributed by atoms with Gasteiger partial charge in [-0.05, 0) is 46.9 Å². The highest BCUT2D eigenvalue weighted by molar-refractivity contribution is 5.84. The zero-order chi connectivity index (χ0) is 15.9. The number of hydrogen-bond acceptors (Lipinski definition) is 2. The maximum Gasteiger partial charge on any atom is 0.315 e. The van der Waals surface area contributed by atoms with Crippen LogP contribution < -0.4 is 15.4 Å². The third-order valence-corrected chi connectivity index (χ3v) is 3.57. The highest BCUT2D eigenvalue weighted by Gasteiger charge is 2.02. The van der Waals surface area contributed by atoms with Crippen LogP contribution in [-0.4, -0.2) is 19.7 Å². The average Bonchev–Trinajstić information content (AvgIpc) is 2.51. The number of nitrogens with one attached hydrogen (secondary N) is 2. The van der Waals surface area contributed by atoms with Gasteiger partial charge >= 0.3 is 6.03 Å². The quantitative estimate of drug-likeness (QED) is 0.854. The van der Waals surface area contributed by atoms with E-state index in [-0.39, 0.29) is 6.03 Å². The number of benzene rings is 2. The van der Waals surface area contributed by atoms with Crippen LogP contribution in [0.25, 0.3) is 10.8 Å². The van der Waals surface area contributed by atoms with E-state index in [0.717, 1.165) is 28.5 Å². The molecule has 0 aliphatic rings. The van der Waals surface area contributed by atoms with Gasteiger partial charge in [0.2, 0.25) is 0 Å². The Labute approximate surface area is 131 Å². The Morgan fingerprint density at radius 3 is 2.55 bits per heavy atom. The Morgan fingerprint density at radius 2 is 1.82 bits per heavy atom. The molecule has 2 rings (SSSR count). The van der Waals surface area contributed by atoms with Crippen molar-refractivity contribution in [2.45, 2.75) is 26.8 Å². The standard InChI is InChI=1S/C18H24N2O2/c1-13(2)8-9-19-18(21)20-12-14-4-5-16-11-17(22-3)7-6-15(16)10-14/h4-7,10-11,13H,8-9,12H2,1-3H3,(H2,19,20,21). The van der Waals surface area contributed by atoms with Crippen LogP contribution in [0.15, 0.2) is 36.4 Å². The molecule has 4 heteroatoms. The molecule has 22 heavy (non-hydrogen) atoms. The summed E-state index contributed by atoms with van der Waals surface area (Å²) in [4.78, 5) is 11.7.